The largest absolute Gasteiger partial charge is 0.320 e. The summed E-state index contributed by atoms with van der Waals surface area (Å²) in [6.07, 6.45) is 3.32. The molecule has 0 radical (unpaired) electrons. The van der Waals surface area contributed by atoms with Crippen LogP contribution in [0.1, 0.15) is 21.5 Å². The zero-order chi connectivity index (χ0) is 15.2. The number of aromatic nitrogens is 1. The van der Waals surface area contributed by atoms with Gasteiger partial charge in [0.1, 0.15) is 0 Å². The number of carbonyl (C=O) groups excluding carboxylic acids is 1. The Morgan fingerprint density at radius 3 is 2.86 bits per heavy atom. The minimum Gasteiger partial charge on any atom is -0.320 e. The summed E-state index contributed by atoms with van der Waals surface area (Å²) in [6, 6.07) is 9.26. The summed E-state index contributed by atoms with van der Waals surface area (Å²) < 4.78 is 0. The lowest BCUT2D eigenvalue weighted by Crippen LogP contribution is -2.27. The van der Waals surface area contributed by atoms with Crippen LogP contribution in [-0.2, 0) is 0 Å². The number of amides is 1. The van der Waals surface area contributed by atoms with Crippen molar-refractivity contribution in [2.75, 3.05) is 18.5 Å². The first-order valence-electron chi connectivity index (χ1n) is 6.61. The molecule has 0 aliphatic carbocycles. The Kier molecular flexibility index (Phi) is 4.70. The van der Waals surface area contributed by atoms with Gasteiger partial charge >= 0.3 is 0 Å². The summed E-state index contributed by atoms with van der Waals surface area (Å²) in [6.45, 7) is 2.21. The minimum atomic E-state index is -0.118. The Bertz CT molecular complexity index is 699. The van der Waals surface area contributed by atoms with Crippen LogP contribution >= 0.6 is 0 Å². The molecule has 1 aromatic carbocycles. The molecule has 2 rings (SSSR count). The second-order valence-corrected chi connectivity index (χ2v) is 4.63. The Morgan fingerprint density at radius 1 is 1.38 bits per heavy atom. The number of carbonyl (C=O) groups is 1. The van der Waals surface area contributed by atoms with Gasteiger partial charge in [0.25, 0.3) is 5.91 Å². The van der Waals surface area contributed by atoms with Crippen molar-refractivity contribution in [3.05, 3.63) is 59.4 Å². The third kappa shape index (κ3) is 3.47. The normalized spacial score (nSPS) is 9.67. The Balaban J connectivity index is 2.40. The average Bonchev–Trinajstić information content (AvgIpc) is 2.53. The maximum absolute atomic E-state index is 12.7. The lowest BCUT2D eigenvalue weighted by molar-refractivity contribution is 0.0992. The third-order valence-electron chi connectivity index (χ3n) is 3.07. The molecule has 0 bridgehead atoms. The van der Waals surface area contributed by atoms with Crippen LogP contribution in [0.25, 0.3) is 0 Å². The fraction of sp³-hybridized carbons (Fsp3) is 0.176. The molecular weight excluding hydrogens is 262 g/mol. The van der Waals surface area contributed by atoms with Crippen molar-refractivity contribution in [2.45, 2.75) is 6.92 Å². The maximum Gasteiger partial charge on any atom is 0.259 e. The predicted molar refractivity (Wildman–Crippen MR) is 84.1 cm³/mol. The van der Waals surface area contributed by atoms with E-state index in [4.69, 9.17) is 5.73 Å². The van der Waals surface area contributed by atoms with Gasteiger partial charge in [0.2, 0.25) is 0 Å². The summed E-state index contributed by atoms with van der Waals surface area (Å²) in [5.74, 6) is 5.62. The second-order valence-electron chi connectivity index (χ2n) is 4.63. The van der Waals surface area contributed by atoms with Crippen LogP contribution in [0.4, 0.5) is 5.69 Å². The fourth-order valence-electron chi connectivity index (χ4n) is 1.94. The highest BCUT2D eigenvalue weighted by Crippen LogP contribution is 2.17. The number of pyridine rings is 1. The molecule has 0 saturated carbocycles. The van der Waals surface area contributed by atoms with Gasteiger partial charge in [0.15, 0.2) is 0 Å². The smallest absolute Gasteiger partial charge is 0.259 e. The first-order chi connectivity index (χ1) is 10.1. The van der Waals surface area contributed by atoms with Crippen molar-refractivity contribution in [2.24, 2.45) is 5.73 Å². The Labute approximate surface area is 124 Å². The molecule has 106 valence electrons. The summed E-state index contributed by atoms with van der Waals surface area (Å²) in [4.78, 5) is 18.3. The number of rotatable bonds is 2. The lowest BCUT2D eigenvalue weighted by Gasteiger charge is -2.18. The van der Waals surface area contributed by atoms with E-state index >= 15 is 0 Å². The SMILES string of the molecule is Cc1ccc(C#CCN)c(C(=O)N(C)c2cccnc2)c1. The molecular formula is C17H17N3O. The van der Waals surface area contributed by atoms with Gasteiger partial charge in [-0.2, -0.15) is 0 Å². The summed E-state index contributed by atoms with van der Waals surface area (Å²) in [7, 11) is 1.72. The van der Waals surface area contributed by atoms with E-state index in [1.54, 1.807) is 30.4 Å². The van der Waals surface area contributed by atoms with Gasteiger partial charge in [-0.15, -0.1) is 0 Å². The zero-order valence-electron chi connectivity index (χ0n) is 12.1. The Hall–Kier alpha value is -2.64. The van der Waals surface area contributed by atoms with Crippen LogP contribution in [0, 0.1) is 18.8 Å². The lowest BCUT2D eigenvalue weighted by atomic mass is 10.0. The van der Waals surface area contributed by atoms with Crippen molar-refractivity contribution >= 4 is 11.6 Å². The highest BCUT2D eigenvalue weighted by molar-refractivity contribution is 6.07. The van der Waals surface area contributed by atoms with Crippen LogP contribution < -0.4 is 10.6 Å². The van der Waals surface area contributed by atoms with Gasteiger partial charge in [-0.1, -0.05) is 23.5 Å². The number of aryl methyl sites for hydroxylation is 1. The number of hydrogen-bond acceptors (Lipinski definition) is 3. The van der Waals surface area contributed by atoms with Crippen molar-refractivity contribution in [3.63, 3.8) is 0 Å². The summed E-state index contributed by atoms with van der Waals surface area (Å²) in [5, 5.41) is 0. The molecule has 0 atom stereocenters. The number of anilines is 1. The van der Waals surface area contributed by atoms with Crippen LogP contribution in [0.2, 0.25) is 0 Å². The van der Waals surface area contributed by atoms with E-state index in [2.05, 4.69) is 16.8 Å². The highest BCUT2D eigenvalue weighted by atomic mass is 16.2. The first kappa shape index (κ1) is 14.8. The zero-order valence-corrected chi connectivity index (χ0v) is 12.1. The van der Waals surface area contributed by atoms with Crippen molar-refractivity contribution in [3.8, 4) is 11.8 Å². The standard InChI is InChI=1S/C17H17N3O/c1-13-7-8-14(5-3-9-18)16(11-13)17(21)20(2)15-6-4-10-19-12-15/h4,6-8,10-12H,9,18H2,1-2H3. The van der Waals surface area contributed by atoms with Crippen LogP contribution in [0.3, 0.4) is 0 Å². The highest BCUT2D eigenvalue weighted by Gasteiger charge is 2.16. The molecule has 1 amide bonds. The van der Waals surface area contributed by atoms with Gasteiger partial charge < -0.3 is 10.6 Å². The first-order valence-corrected chi connectivity index (χ1v) is 6.61. The molecule has 0 fully saturated rings. The molecule has 2 N–H and O–H groups in total. The molecule has 0 saturated heterocycles. The van der Waals surface area contributed by atoms with Crippen molar-refractivity contribution < 1.29 is 4.79 Å². The van der Waals surface area contributed by atoms with Crippen LogP contribution in [0.15, 0.2) is 42.7 Å². The molecule has 4 heteroatoms. The van der Waals surface area contributed by atoms with Gasteiger partial charge in [0, 0.05) is 18.8 Å². The number of nitrogens with zero attached hydrogens (tertiary/aromatic N) is 2. The molecule has 1 aromatic heterocycles. The molecule has 0 aliphatic rings. The molecule has 0 unspecified atom stereocenters. The van der Waals surface area contributed by atoms with Gasteiger partial charge in [-0.25, -0.2) is 0 Å². The quantitative estimate of drug-likeness (QED) is 0.855. The molecule has 0 aliphatic heterocycles. The van der Waals surface area contributed by atoms with E-state index < -0.39 is 0 Å². The molecule has 21 heavy (non-hydrogen) atoms. The Morgan fingerprint density at radius 2 is 2.19 bits per heavy atom. The summed E-state index contributed by atoms with van der Waals surface area (Å²) >= 11 is 0. The summed E-state index contributed by atoms with van der Waals surface area (Å²) in [5.41, 5.74) is 8.41. The molecule has 2 aromatic rings. The van der Waals surface area contributed by atoms with E-state index in [0.717, 1.165) is 11.3 Å². The number of hydrogen-bond donors (Lipinski definition) is 1. The predicted octanol–water partition coefficient (Wildman–Crippen LogP) is 1.98. The van der Waals surface area contributed by atoms with E-state index in [1.807, 2.05) is 31.2 Å². The molecule has 4 nitrogen and oxygen atoms in total. The van der Waals surface area contributed by atoms with Crippen LogP contribution in [0.5, 0.6) is 0 Å². The topological polar surface area (TPSA) is 59.2 Å². The third-order valence-corrected chi connectivity index (χ3v) is 3.07. The number of nitrogens with two attached hydrogens (primary N) is 1. The van der Waals surface area contributed by atoms with E-state index in [1.165, 1.54) is 0 Å². The van der Waals surface area contributed by atoms with Gasteiger partial charge in [-0.05, 0) is 31.2 Å². The molecule has 0 spiro atoms. The van der Waals surface area contributed by atoms with Gasteiger partial charge in [-0.3, -0.25) is 9.78 Å². The maximum atomic E-state index is 12.7. The van der Waals surface area contributed by atoms with E-state index in [-0.39, 0.29) is 12.5 Å². The van der Waals surface area contributed by atoms with E-state index in [9.17, 15) is 4.79 Å². The van der Waals surface area contributed by atoms with Crippen molar-refractivity contribution in [1.29, 1.82) is 0 Å². The van der Waals surface area contributed by atoms with Crippen molar-refractivity contribution in [1.82, 2.24) is 4.98 Å². The fourth-order valence-corrected chi connectivity index (χ4v) is 1.94. The minimum absolute atomic E-state index is 0.118. The van der Waals surface area contributed by atoms with Gasteiger partial charge in [0.05, 0.1) is 24.0 Å². The second kappa shape index (κ2) is 6.69. The van der Waals surface area contributed by atoms with Crippen LogP contribution in [-0.4, -0.2) is 24.5 Å². The monoisotopic (exact) mass is 279 g/mol. The number of benzene rings is 1. The van der Waals surface area contributed by atoms with E-state index in [0.29, 0.717) is 11.1 Å². The molecule has 1 heterocycles. The average molecular weight is 279 g/mol.